The number of aromatic nitrogens is 2. The Labute approximate surface area is 209 Å². The number of aliphatic hydroxyl groups excluding tert-OH is 1. The smallest absolute Gasteiger partial charge is 0.379 e. The molecule has 0 aliphatic rings. The molecule has 36 heavy (non-hydrogen) atoms. The van der Waals surface area contributed by atoms with Crippen molar-refractivity contribution in [1.82, 2.24) is 10.2 Å². The molecule has 0 saturated heterocycles. The minimum atomic E-state index is -0.914. The number of methoxy groups -OCH3 is 2. The second-order valence-electron chi connectivity index (χ2n) is 6.92. The standard InChI is InChI=1S/C22H24N6O7S/c1-12(23)28(24-2)22-27-26-21(36-22)25-19(30)16-10-14(18(20(31)35-16)34-9-8-32-3)17-13(11-29)6-5-7-15(17)33-4/h5-7,10,29H,1-2,8-9,11,23H2,3-4H3,(H,25,26,30). The maximum absolute atomic E-state index is 13.0. The van der Waals surface area contributed by atoms with Crippen LogP contribution < -0.4 is 31.2 Å². The molecule has 0 spiro atoms. The lowest BCUT2D eigenvalue weighted by Gasteiger charge is -2.16. The minimum Gasteiger partial charge on any atom is -0.496 e. The average Bonchev–Trinajstić information content (AvgIpc) is 3.32. The van der Waals surface area contributed by atoms with Crippen molar-refractivity contribution in [3.05, 3.63) is 58.4 Å². The molecule has 0 bridgehead atoms. The summed E-state index contributed by atoms with van der Waals surface area (Å²) in [4.78, 5) is 25.9. The fourth-order valence-corrected chi connectivity index (χ4v) is 3.85. The first-order valence-corrected chi connectivity index (χ1v) is 11.1. The van der Waals surface area contributed by atoms with E-state index >= 15 is 0 Å². The van der Waals surface area contributed by atoms with Crippen LogP contribution in [0.25, 0.3) is 11.1 Å². The van der Waals surface area contributed by atoms with Crippen molar-refractivity contribution < 1.29 is 28.5 Å². The molecule has 0 atom stereocenters. The third kappa shape index (κ3) is 5.68. The Morgan fingerprint density at radius 3 is 2.75 bits per heavy atom. The van der Waals surface area contributed by atoms with E-state index in [4.69, 9.17) is 24.4 Å². The number of hydrogen-bond acceptors (Lipinski definition) is 13. The van der Waals surface area contributed by atoms with Crippen LogP contribution in [0.1, 0.15) is 16.1 Å². The van der Waals surface area contributed by atoms with Gasteiger partial charge in [0.05, 0.1) is 20.3 Å². The van der Waals surface area contributed by atoms with Gasteiger partial charge in [0.25, 0.3) is 5.91 Å². The highest BCUT2D eigenvalue weighted by molar-refractivity contribution is 7.19. The Balaban J connectivity index is 2.05. The minimum absolute atomic E-state index is 0.0389. The number of carbonyl (C=O) groups is 1. The van der Waals surface area contributed by atoms with E-state index in [9.17, 15) is 14.7 Å². The lowest BCUT2D eigenvalue weighted by atomic mass is 9.98. The van der Waals surface area contributed by atoms with E-state index in [1.165, 1.54) is 20.3 Å². The Morgan fingerprint density at radius 2 is 2.11 bits per heavy atom. The molecule has 0 fully saturated rings. The zero-order valence-corrected chi connectivity index (χ0v) is 20.3. The Morgan fingerprint density at radius 1 is 1.33 bits per heavy atom. The summed E-state index contributed by atoms with van der Waals surface area (Å²) in [5.74, 6) is -0.902. The van der Waals surface area contributed by atoms with Gasteiger partial charge in [-0.1, -0.05) is 30.0 Å². The van der Waals surface area contributed by atoms with Gasteiger partial charge in [0.15, 0.2) is 5.76 Å². The summed E-state index contributed by atoms with van der Waals surface area (Å²) < 4.78 is 21.3. The largest absolute Gasteiger partial charge is 0.496 e. The molecule has 1 amide bonds. The summed E-state index contributed by atoms with van der Waals surface area (Å²) in [6.45, 7) is 6.81. The first-order chi connectivity index (χ1) is 17.3. The van der Waals surface area contributed by atoms with Gasteiger partial charge in [-0.15, -0.1) is 10.2 Å². The molecular weight excluding hydrogens is 492 g/mol. The number of nitrogens with zero attached hydrogens (tertiary/aromatic N) is 4. The SMILES string of the molecule is C=NN(C(=C)N)c1nnc(NC(=O)c2cc(-c3c(CO)cccc3OC)c(OCCOC)c(=O)o2)s1. The second kappa shape index (κ2) is 11.9. The number of rotatable bonds is 12. The quantitative estimate of drug-likeness (QED) is 0.182. The number of amides is 1. The molecule has 0 unspecified atom stereocenters. The van der Waals surface area contributed by atoms with Crippen LogP contribution in [0.4, 0.5) is 10.3 Å². The van der Waals surface area contributed by atoms with Crippen molar-refractivity contribution >= 4 is 34.2 Å². The molecule has 0 saturated carbocycles. The predicted octanol–water partition coefficient (Wildman–Crippen LogP) is 1.79. The number of nitrogens with one attached hydrogen (secondary N) is 1. The third-order valence-corrected chi connectivity index (χ3v) is 5.48. The summed E-state index contributed by atoms with van der Waals surface area (Å²) in [5, 5.41) is 25.2. The highest BCUT2D eigenvalue weighted by Crippen LogP contribution is 2.38. The van der Waals surface area contributed by atoms with Crippen molar-refractivity contribution in [2.45, 2.75) is 6.61 Å². The third-order valence-electron chi connectivity index (χ3n) is 4.67. The van der Waals surface area contributed by atoms with E-state index in [0.29, 0.717) is 16.9 Å². The van der Waals surface area contributed by atoms with Crippen molar-refractivity contribution in [3.63, 3.8) is 0 Å². The van der Waals surface area contributed by atoms with Gasteiger partial charge in [-0.2, -0.15) is 10.1 Å². The van der Waals surface area contributed by atoms with Crippen LogP contribution in [0.15, 0.2) is 51.0 Å². The van der Waals surface area contributed by atoms with Crippen molar-refractivity contribution in [2.75, 3.05) is 37.8 Å². The summed E-state index contributed by atoms with van der Waals surface area (Å²) in [7, 11) is 2.92. The van der Waals surface area contributed by atoms with Crippen LogP contribution >= 0.6 is 11.3 Å². The van der Waals surface area contributed by atoms with Crippen LogP contribution in [0, 0.1) is 0 Å². The van der Waals surface area contributed by atoms with E-state index < -0.39 is 11.5 Å². The highest BCUT2D eigenvalue weighted by atomic mass is 32.1. The maximum Gasteiger partial charge on any atom is 0.379 e. The van der Waals surface area contributed by atoms with Crippen molar-refractivity contribution in [3.8, 4) is 22.6 Å². The molecule has 2 heterocycles. The lowest BCUT2D eigenvalue weighted by Crippen LogP contribution is -2.20. The van der Waals surface area contributed by atoms with Gasteiger partial charge in [0.1, 0.15) is 18.2 Å². The lowest BCUT2D eigenvalue weighted by molar-refractivity contribution is 0.0990. The van der Waals surface area contributed by atoms with Crippen LogP contribution in [-0.4, -0.2) is 55.4 Å². The number of hydrazone groups is 1. The first-order valence-electron chi connectivity index (χ1n) is 10.3. The molecule has 4 N–H and O–H groups in total. The van der Waals surface area contributed by atoms with Crippen molar-refractivity contribution in [1.29, 1.82) is 0 Å². The van der Waals surface area contributed by atoms with E-state index in [-0.39, 0.29) is 53.0 Å². The fourth-order valence-electron chi connectivity index (χ4n) is 3.11. The predicted molar refractivity (Wildman–Crippen MR) is 133 cm³/mol. The summed E-state index contributed by atoms with van der Waals surface area (Å²) in [5.41, 5.74) is 5.71. The number of anilines is 2. The van der Waals surface area contributed by atoms with Gasteiger partial charge in [-0.3, -0.25) is 10.1 Å². The van der Waals surface area contributed by atoms with Crippen molar-refractivity contribution in [2.24, 2.45) is 10.8 Å². The Bertz CT molecular complexity index is 1300. The maximum atomic E-state index is 13.0. The van der Waals surface area contributed by atoms with Crippen LogP contribution in [-0.2, 0) is 11.3 Å². The molecule has 190 valence electrons. The summed E-state index contributed by atoms with van der Waals surface area (Å²) >= 11 is 0.936. The van der Waals surface area contributed by atoms with Crippen LogP contribution in [0.5, 0.6) is 11.5 Å². The van der Waals surface area contributed by atoms with E-state index in [0.717, 1.165) is 16.3 Å². The summed E-state index contributed by atoms with van der Waals surface area (Å²) in [6, 6.07) is 6.30. The Hall–Kier alpha value is -4.27. The fraction of sp³-hybridized carbons (Fsp3) is 0.227. The number of hydrogen-bond donors (Lipinski definition) is 3. The molecular formula is C22H24N6O7S. The summed E-state index contributed by atoms with van der Waals surface area (Å²) in [6.07, 6.45) is 0. The highest BCUT2D eigenvalue weighted by Gasteiger charge is 2.24. The molecule has 3 aromatic rings. The van der Waals surface area contributed by atoms with Gasteiger partial charge < -0.3 is 29.5 Å². The van der Waals surface area contributed by atoms with E-state index in [1.54, 1.807) is 18.2 Å². The second-order valence-corrected chi connectivity index (χ2v) is 7.88. The molecule has 3 rings (SSSR count). The van der Waals surface area contributed by atoms with E-state index in [2.05, 4.69) is 33.9 Å². The molecule has 0 aliphatic carbocycles. The monoisotopic (exact) mass is 516 g/mol. The number of nitrogens with two attached hydrogens (primary N) is 1. The van der Waals surface area contributed by atoms with Gasteiger partial charge in [0.2, 0.25) is 16.0 Å². The molecule has 1 aromatic carbocycles. The molecule has 13 nitrogen and oxygen atoms in total. The first kappa shape index (κ1) is 26.3. The molecule has 0 radical (unpaired) electrons. The number of aliphatic hydroxyl groups is 1. The van der Waals surface area contributed by atoms with Gasteiger partial charge >= 0.3 is 5.63 Å². The van der Waals surface area contributed by atoms with Crippen LogP contribution in [0.2, 0.25) is 0 Å². The molecule has 14 heteroatoms. The van der Waals surface area contributed by atoms with E-state index in [1.807, 2.05) is 0 Å². The zero-order chi connectivity index (χ0) is 26.2. The van der Waals surface area contributed by atoms with Gasteiger partial charge in [-0.25, -0.2) is 4.79 Å². The number of ether oxygens (including phenoxy) is 3. The normalized spacial score (nSPS) is 10.5. The number of carbonyl (C=O) groups excluding carboxylic acids is 1. The molecule has 0 aliphatic heterocycles. The van der Waals surface area contributed by atoms with Gasteiger partial charge in [-0.05, 0) is 17.7 Å². The van der Waals surface area contributed by atoms with Crippen LogP contribution in [0.3, 0.4) is 0 Å². The average molecular weight is 517 g/mol. The molecule has 2 aromatic heterocycles. The Kier molecular flexibility index (Phi) is 8.72. The topological polar surface area (TPSA) is 175 Å². The number of benzene rings is 1. The van der Waals surface area contributed by atoms with Gasteiger partial charge in [0, 0.05) is 25.0 Å². The zero-order valence-electron chi connectivity index (χ0n) is 19.5.